The molecule has 2 aromatic rings. The number of carbonyl (C=O) groups is 1. The molecule has 0 amide bonds. The van der Waals surface area contributed by atoms with E-state index in [0.29, 0.717) is 16.6 Å². The van der Waals surface area contributed by atoms with E-state index in [2.05, 4.69) is 5.10 Å². The van der Waals surface area contributed by atoms with E-state index in [1.807, 2.05) is 0 Å². The maximum atomic E-state index is 10.8. The van der Waals surface area contributed by atoms with Crippen molar-refractivity contribution in [1.82, 2.24) is 9.78 Å². The third-order valence-corrected chi connectivity index (χ3v) is 2.45. The van der Waals surface area contributed by atoms with Crippen LogP contribution in [0.2, 0.25) is 5.15 Å². The van der Waals surface area contributed by atoms with Gasteiger partial charge in [-0.1, -0.05) is 11.6 Å². The van der Waals surface area contributed by atoms with Crippen LogP contribution in [0, 0.1) is 0 Å². The van der Waals surface area contributed by atoms with Crippen LogP contribution in [0.5, 0.6) is 0 Å². The number of nitrogens with zero attached hydrogens (tertiary/aromatic N) is 2. The van der Waals surface area contributed by atoms with E-state index in [9.17, 15) is 4.79 Å². The Morgan fingerprint density at radius 2 is 2.27 bits per heavy atom. The van der Waals surface area contributed by atoms with Crippen molar-refractivity contribution in [3.8, 4) is 0 Å². The molecule has 2 rings (SSSR count). The summed E-state index contributed by atoms with van der Waals surface area (Å²) in [5, 5.41) is 13.6. The number of hydrogen-bond donors (Lipinski definition) is 2. The van der Waals surface area contributed by atoms with Crippen molar-refractivity contribution >= 4 is 34.2 Å². The molecular weight excluding hydrogens is 218 g/mol. The average Bonchev–Trinajstić information content (AvgIpc) is 2.42. The Hall–Kier alpha value is -1.75. The van der Waals surface area contributed by atoms with Gasteiger partial charge in [-0.05, 0) is 12.1 Å². The zero-order chi connectivity index (χ0) is 11.2. The number of nitrogens with two attached hydrogens (primary N) is 1. The van der Waals surface area contributed by atoms with Crippen molar-refractivity contribution in [3.05, 3.63) is 22.8 Å². The smallest absolute Gasteiger partial charge is 0.335 e. The van der Waals surface area contributed by atoms with Crippen LogP contribution in [-0.4, -0.2) is 20.9 Å². The van der Waals surface area contributed by atoms with Gasteiger partial charge >= 0.3 is 5.97 Å². The molecule has 0 bridgehead atoms. The molecule has 0 saturated heterocycles. The summed E-state index contributed by atoms with van der Waals surface area (Å²) < 4.78 is 1.53. The van der Waals surface area contributed by atoms with Crippen LogP contribution in [-0.2, 0) is 7.05 Å². The normalized spacial score (nSPS) is 10.8. The number of fused-ring (bicyclic) bond motifs is 1. The first-order valence-corrected chi connectivity index (χ1v) is 4.53. The van der Waals surface area contributed by atoms with Crippen molar-refractivity contribution < 1.29 is 9.90 Å². The first kappa shape index (κ1) is 9.79. The number of benzene rings is 1. The minimum Gasteiger partial charge on any atom is -0.478 e. The zero-order valence-corrected chi connectivity index (χ0v) is 8.62. The van der Waals surface area contributed by atoms with E-state index in [0.717, 1.165) is 0 Å². The van der Waals surface area contributed by atoms with Gasteiger partial charge in [0.2, 0.25) is 0 Å². The van der Waals surface area contributed by atoms with Crippen LogP contribution in [0.1, 0.15) is 10.4 Å². The van der Waals surface area contributed by atoms with Crippen LogP contribution in [0.3, 0.4) is 0 Å². The first-order valence-electron chi connectivity index (χ1n) is 4.15. The maximum absolute atomic E-state index is 10.8. The second kappa shape index (κ2) is 3.13. The molecule has 1 heterocycles. The molecule has 0 spiro atoms. The SMILES string of the molecule is Cn1nc(Cl)c2cc(C(=O)O)cc(N)c21. The minimum atomic E-state index is -1.04. The van der Waals surface area contributed by atoms with Crippen molar-refractivity contribution in [2.45, 2.75) is 0 Å². The molecule has 0 unspecified atom stereocenters. The standard InChI is InChI=1S/C9H8ClN3O2/c1-13-7-5(8(10)12-13)2-4(9(14)15)3-6(7)11/h2-3H,11H2,1H3,(H,14,15). The molecule has 1 aromatic heterocycles. The van der Waals surface area contributed by atoms with Crippen molar-refractivity contribution in [2.24, 2.45) is 7.05 Å². The fourth-order valence-electron chi connectivity index (χ4n) is 1.53. The summed E-state index contributed by atoms with van der Waals surface area (Å²) in [4.78, 5) is 10.8. The molecule has 78 valence electrons. The highest BCUT2D eigenvalue weighted by atomic mass is 35.5. The van der Waals surface area contributed by atoms with Crippen molar-refractivity contribution in [3.63, 3.8) is 0 Å². The monoisotopic (exact) mass is 225 g/mol. The lowest BCUT2D eigenvalue weighted by atomic mass is 10.1. The number of hydrogen-bond acceptors (Lipinski definition) is 3. The lowest BCUT2D eigenvalue weighted by molar-refractivity contribution is 0.0697. The van der Waals surface area contributed by atoms with Gasteiger partial charge in [-0.15, -0.1) is 0 Å². The topological polar surface area (TPSA) is 81.1 Å². The Morgan fingerprint density at radius 1 is 1.60 bits per heavy atom. The van der Waals surface area contributed by atoms with E-state index < -0.39 is 5.97 Å². The second-order valence-corrected chi connectivity index (χ2v) is 3.54. The van der Waals surface area contributed by atoms with Gasteiger partial charge in [0.1, 0.15) is 0 Å². The lowest BCUT2D eigenvalue weighted by Gasteiger charge is -2.01. The Bertz CT molecular complexity index is 562. The third kappa shape index (κ3) is 1.41. The molecule has 0 aliphatic carbocycles. The second-order valence-electron chi connectivity index (χ2n) is 3.18. The molecule has 1 aromatic carbocycles. The molecule has 0 atom stereocenters. The largest absolute Gasteiger partial charge is 0.478 e. The Kier molecular flexibility index (Phi) is 2.04. The van der Waals surface area contributed by atoms with Gasteiger partial charge in [0.05, 0.1) is 16.8 Å². The summed E-state index contributed by atoms with van der Waals surface area (Å²) in [6, 6.07) is 2.85. The number of aromatic nitrogens is 2. The van der Waals surface area contributed by atoms with E-state index in [1.165, 1.54) is 16.8 Å². The fraction of sp³-hybridized carbons (Fsp3) is 0.111. The predicted molar refractivity (Wildman–Crippen MR) is 57.1 cm³/mol. The molecule has 15 heavy (non-hydrogen) atoms. The Labute approximate surface area is 90.0 Å². The number of carboxylic acid groups (broad SMARTS) is 1. The Morgan fingerprint density at radius 3 is 2.87 bits per heavy atom. The number of halogens is 1. The van der Waals surface area contributed by atoms with E-state index in [4.69, 9.17) is 22.4 Å². The average molecular weight is 226 g/mol. The number of nitrogen functional groups attached to an aromatic ring is 1. The fourth-order valence-corrected chi connectivity index (χ4v) is 1.79. The van der Waals surface area contributed by atoms with Crippen LogP contribution < -0.4 is 5.73 Å². The highest BCUT2D eigenvalue weighted by Crippen LogP contribution is 2.28. The summed E-state index contributed by atoms with van der Waals surface area (Å²) in [7, 11) is 1.70. The molecule has 0 saturated carbocycles. The molecule has 0 radical (unpaired) electrons. The number of carboxylic acids is 1. The summed E-state index contributed by atoms with van der Waals surface area (Å²) in [5.41, 5.74) is 6.83. The van der Waals surface area contributed by atoms with Gasteiger partial charge in [-0.3, -0.25) is 4.68 Å². The number of rotatable bonds is 1. The van der Waals surface area contributed by atoms with Crippen LogP contribution >= 0.6 is 11.6 Å². The van der Waals surface area contributed by atoms with Gasteiger partial charge in [-0.25, -0.2) is 4.79 Å². The molecular formula is C9H8ClN3O2. The molecule has 0 fully saturated rings. The number of anilines is 1. The quantitative estimate of drug-likeness (QED) is 0.721. The highest BCUT2D eigenvalue weighted by Gasteiger charge is 2.13. The van der Waals surface area contributed by atoms with Gasteiger partial charge in [0, 0.05) is 12.4 Å². The van der Waals surface area contributed by atoms with E-state index in [-0.39, 0.29) is 10.7 Å². The van der Waals surface area contributed by atoms with Crippen molar-refractivity contribution in [1.29, 1.82) is 0 Å². The minimum absolute atomic E-state index is 0.106. The van der Waals surface area contributed by atoms with Crippen LogP contribution in [0.25, 0.3) is 10.9 Å². The predicted octanol–water partition coefficient (Wildman–Crippen LogP) is 1.51. The summed E-state index contributed by atoms with van der Waals surface area (Å²) in [5.74, 6) is -1.04. The van der Waals surface area contributed by atoms with Crippen molar-refractivity contribution in [2.75, 3.05) is 5.73 Å². The molecule has 0 aliphatic heterocycles. The van der Waals surface area contributed by atoms with E-state index in [1.54, 1.807) is 7.05 Å². The molecule has 5 nitrogen and oxygen atoms in total. The van der Waals surface area contributed by atoms with Gasteiger partial charge in [0.25, 0.3) is 0 Å². The highest BCUT2D eigenvalue weighted by molar-refractivity contribution is 6.34. The summed E-state index contributed by atoms with van der Waals surface area (Å²) >= 11 is 5.85. The van der Waals surface area contributed by atoms with E-state index >= 15 is 0 Å². The first-order chi connectivity index (χ1) is 7.00. The van der Waals surface area contributed by atoms with Gasteiger partial charge in [0.15, 0.2) is 5.15 Å². The third-order valence-electron chi connectivity index (χ3n) is 2.17. The number of aryl methyl sites for hydroxylation is 1. The van der Waals surface area contributed by atoms with Crippen LogP contribution in [0.4, 0.5) is 5.69 Å². The van der Waals surface area contributed by atoms with Gasteiger partial charge < -0.3 is 10.8 Å². The number of aromatic carboxylic acids is 1. The summed E-state index contributed by atoms with van der Waals surface area (Å²) in [6.45, 7) is 0. The van der Waals surface area contributed by atoms with Gasteiger partial charge in [-0.2, -0.15) is 5.10 Å². The lowest BCUT2D eigenvalue weighted by Crippen LogP contribution is -2.00. The molecule has 6 heteroatoms. The zero-order valence-electron chi connectivity index (χ0n) is 7.86. The summed E-state index contributed by atoms with van der Waals surface area (Å²) in [6.07, 6.45) is 0. The van der Waals surface area contributed by atoms with Crippen LogP contribution in [0.15, 0.2) is 12.1 Å². The Balaban J connectivity index is 2.87. The maximum Gasteiger partial charge on any atom is 0.335 e. The molecule has 0 aliphatic rings. The molecule has 3 N–H and O–H groups in total.